The molecule has 0 saturated heterocycles. The van der Waals surface area contributed by atoms with E-state index in [1.165, 1.54) is 24.6 Å². The monoisotopic (exact) mass is 447 g/mol. The van der Waals surface area contributed by atoms with Crippen LogP contribution in [0.2, 0.25) is 0 Å². The summed E-state index contributed by atoms with van der Waals surface area (Å²) in [6.07, 6.45) is 8.44. The number of thioether (sulfide) groups is 1. The molecule has 9 heteroatoms. The highest BCUT2D eigenvalue weighted by Crippen LogP contribution is 2.36. The Kier molecular flexibility index (Phi) is 5.95. The molecule has 1 amide bonds. The number of carbonyl (C=O) groups excluding carboxylic acids is 1. The lowest BCUT2D eigenvalue weighted by atomic mass is 9.95. The fourth-order valence-corrected chi connectivity index (χ4v) is 5.60. The van der Waals surface area contributed by atoms with Crippen molar-refractivity contribution in [2.75, 3.05) is 11.1 Å². The predicted molar refractivity (Wildman–Crippen MR) is 122 cm³/mol. The lowest BCUT2D eigenvalue weighted by Crippen LogP contribution is -2.18. The summed E-state index contributed by atoms with van der Waals surface area (Å²) in [5.41, 5.74) is 3.74. The highest BCUT2D eigenvalue weighted by atomic mass is 32.2. The van der Waals surface area contributed by atoms with Crippen molar-refractivity contribution >= 4 is 23.5 Å². The molecule has 0 atom stereocenters. The van der Waals surface area contributed by atoms with Crippen molar-refractivity contribution in [3.63, 3.8) is 0 Å². The first-order valence-electron chi connectivity index (χ1n) is 11.2. The third-order valence-corrected chi connectivity index (χ3v) is 7.25. The van der Waals surface area contributed by atoms with E-state index in [4.69, 9.17) is 0 Å². The summed E-state index contributed by atoms with van der Waals surface area (Å²) >= 11 is 1.34. The Morgan fingerprint density at radius 2 is 1.94 bits per heavy atom. The van der Waals surface area contributed by atoms with Gasteiger partial charge >= 0.3 is 0 Å². The lowest BCUT2D eigenvalue weighted by Gasteiger charge is -2.17. The van der Waals surface area contributed by atoms with Crippen molar-refractivity contribution in [1.82, 2.24) is 24.8 Å². The molecule has 32 heavy (non-hydrogen) atoms. The van der Waals surface area contributed by atoms with Gasteiger partial charge < -0.3 is 5.32 Å². The molecule has 1 aromatic carbocycles. The van der Waals surface area contributed by atoms with Crippen LogP contribution in [0.4, 0.5) is 5.82 Å². The summed E-state index contributed by atoms with van der Waals surface area (Å²) in [6, 6.07) is 12.6. The molecule has 1 N–H and O–H groups in total. The molecule has 8 nitrogen and oxygen atoms in total. The number of hydrogen-bond donors (Lipinski definition) is 1. The number of nitrogens with zero attached hydrogens (tertiary/aromatic N) is 6. The first-order chi connectivity index (χ1) is 15.8. The van der Waals surface area contributed by atoms with E-state index in [2.05, 4.69) is 31.5 Å². The van der Waals surface area contributed by atoms with Crippen LogP contribution in [0.5, 0.6) is 0 Å². The predicted octanol–water partition coefficient (Wildman–Crippen LogP) is 4.06. The molecule has 0 spiro atoms. The maximum atomic E-state index is 13.0. The maximum absolute atomic E-state index is 13.0. The summed E-state index contributed by atoms with van der Waals surface area (Å²) in [4.78, 5) is 13.0. The molecule has 2 aliphatic rings. The average molecular weight is 448 g/mol. The zero-order chi connectivity index (χ0) is 21.9. The first kappa shape index (κ1) is 20.8. The Morgan fingerprint density at radius 1 is 1.16 bits per heavy atom. The van der Waals surface area contributed by atoms with Gasteiger partial charge in [0.2, 0.25) is 11.1 Å². The number of benzene rings is 1. The first-order valence-corrected chi connectivity index (χ1v) is 12.2. The number of carbonyl (C=O) groups is 1. The van der Waals surface area contributed by atoms with Gasteiger partial charge in [0.15, 0.2) is 0 Å². The van der Waals surface area contributed by atoms with Gasteiger partial charge in [-0.15, -0.1) is 5.10 Å². The second-order valence-corrected chi connectivity index (χ2v) is 9.26. The number of aromatic nitrogens is 5. The molecule has 5 rings (SSSR count). The Morgan fingerprint density at radius 3 is 2.72 bits per heavy atom. The highest BCUT2D eigenvalue weighted by Gasteiger charge is 2.27. The van der Waals surface area contributed by atoms with Gasteiger partial charge in [-0.3, -0.25) is 9.36 Å². The summed E-state index contributed by atoms with van der Waals surface area (Å²) in [5.74, 6) is 0.592. The molecule has 0 bridgehead atoms. The van der Waals surface area contributed by atoms with Gasteiger partial charge in [0.05, 0.1) is 17.4 Å². The second kappa shape index (κ2) is 9.17. The minimum atomic E-state index is -0.167. The van der Waals surface area contributed by atoms with E-state index >= 15 is 0 Å². The van der Waals surface area contributed by atoms with Crippen molar-refractivity contribution in [3.05, 3.63) is 47.2 Å². The number of rotatable bonds is 6. The van der Waals surface area contributed by atoms with Crippen molar-refractivity contribution in [3.8, 4) is 11.8 Å². The van der Waals surface area contributed by atoms with E-state index in [1.807, 2.05) is 35.0 Å². The molecule has 2 heterocycles. The van der Waals surface area contributed by atoms with E-state index in [1.54, 1.807) is 0 Å². The largest absolute Gasteiger partial charge is 0.310 e. The quantitative estimate of drug-likeness (QED) is 0.572. The Bertz CT molecular complexity index is 1160. The Balaban J connectivity index is 1.39. The highest BCUT2D eigenvalue weighted by molar-refractivity contribution is 7.99. The summed E-state index contributed by atoms with van der Waals surface area (Å²) in [6.45, 7) is 0. The molecule has 0 unspecified atom stereocenters. The smallest absolute Gasteiger partial charge is 0.236 e. The molecule has 164 valence electrons. The van der Waals surface area contributed by atoms with Gasteiger partial charge in [-0.05, 0) is 66.6 Å². The molecule has 0 aliphatic heterocycles. The zero-order valence-corrected chi connectivity index (χ0v) is 18.6. The Hall–Kier alpha value is -3.12. The minimum absolute atomic E-state index is 0.167. The zero-order valence-electron chi connectivity index (χ0n) is 17.8. The van der Waals surface area contributed by atoms with Crippen LogP contribution in [0.1, 0.15) is 61.4 Å². The second-order valence-electron chi connectivity index (χ2n) is 8.32. The fourth-order valence-electron chi connectivity index (χ4n) is 4.85. The Labute approximate surface area is 191 Å². The number of para-hydroxylation sites is 1. The number of tetrazole rings is 1. The number of nitriles is 1. The third-order valence-electron chi connectivity index (χ3n) is 6.32. The average Bonchev–Trinajstić information content (AvgIpc) is 3.56. The third kappa shape index (κ3) is 3.91. The van der Waals surface area contributed by atoms with Crippen LogP contribution >= 0.6 is 11.8 Å². The number of hydrogen-bond acceptors (Lipinski definition) is 6. The van der Waals surface area contributed by atoms with Gasteiger partial charge in [-0.1, -0.05) is 42.8 Å². The fraction of sp³-hybridized carbons (Fsp3) is 0.435. The van der Waals surface area contributed by atoms with Gasteiger partial charge in [0, 0.05) is 11.4 Å². The molecule has 3 aromatic rings. The molecule has 1 fully saturated rings. The van der Waals surface area contributed by atoms with Crippen molar-refractivity contribution in [2.45, 2.75) is 62.6 Å². The van der Waals surface area contributed by atoms with E-state index in [0.717, 1.165) is 55.5 Å². The van der Waals surface area contributed by atoms with E-state index in [9.17, 15) is 10.1 Å². The van der Waals surface area contributed by atoms with Gasteiger partial charge in [-0.25, -0.2) is 4.68 Å². The van der Waals surface area contributed by atoms with Crippen molar-refractivity contribution in [1.29, 1.82) is 5.26 Å². The molecule has 2 aliphatic carbocycles. The maximum Gasteiger partial charge on any atom is 0.236 e. The van der Waals surface area contributed by atoms with Gasteiger partial charge in [-0.2, -0.15) is 5.26 Å². The van der Waals surface area contributed by atoms with Crippen LogP contribution in [0.15, 0.2) is 35.5 Å². The van der Waals surface area contributed by atoms with E-state index in [-0.39, 0.29) is 11.7 Å². The minimum Gasteiger partial charge on any atom is -0.310 e. The molecular formula is C23H25N7OS. The van der Waals surface area contributed by atoms with Crippen molar-refractivity contribution < 1.29 is 4.79 Å². The summed E-state index contributed by atoms with van der Waals surface area (Å²) in [5, 5.41) is 25.7. The summed E-state index contributed by atoms with van der Waals surface area (Å²) in [7, 11) is 0. The van der Waals surface area contributed by atoms with Crippen LogP contribution in [-0.4, -0.2) is 36.4 Å². The number of anilines is 1. The van der Waals surface area contributed by atoms with Crippen molar-refractivity contribution in [2.24, 2.45) is 0 Å². The lowest BCUT2D eigenvalue weighted by molar-refractivity contribution is -0.113. The normalized spacial score (nSPS) is 16.0. The number of amides is 1. The molecular weight excluding hydrogens is 422 g/mol. The molecule has 1 saturated carbocycles. The van der Waals surface area contributed by atoms with Crippen LogP contribution in [0.25, 0.3) is 5.69 Å². The molecule has 2 aromatic heterocycles. The number of fused-ring (bicyclic) bond motifs is 1. The van der Waals surface area contributed by atoms with Gasteiger partial charge in [0.1, 0.15) is 11.9 Å². The van der Waals surface area contributed by atoms with Crippen LogP contribution in [0.3, 0.4) is 0 Å². The SMILES string of the molecule is N#Cc1c2c(n(-c3ccccc3)c1NC(=O)CSc1nnnn1C1CCCC1)CCCC2. The topological polar surface area (TPSA) is 101 Å². The van der Waals surface area contributed by atoms with Crippen LogP contribution in [0, 0.1) is 11.3 Å². The number of nitrogens with one attached hydrogen (secondary N) is 1. The van der Waals surface area contributed by atoms with Gasteiger partial charge in [0.25, 0.3) is 0 Å². The van der Waals surface area contributed by atoms with Crippen LogP contribution in [-0.2, 0) is 17.6 Å². The van der Waals surface area contributed by atoms with Crippen LogP contribution < -0.4 is 5.32 Å². The van der Waals surface area contributed by atoms with E-state index < -0.39 is 0 Å². The standard InChI is InChI=1S/C23H25N7OS/c24-14-19-18-12-6-7-13-20(18)29(16-8-2-1-3-9-16)22(19)25-21(31)15-32-23-26-27-28-30(23)17-10-4-5-11-17/h1-3,8-9,17H,4-7,10-13,15H2,(H,25,31). The van der Waals surface area contributed by atoms with E-state index in [0.29, 0.717) is 22.6 Å². The summed E-state index contributed by atoms with van der Waals surface area (Å²) < 4.78 is 3.91. The molecule has 0 radical (unpaired) electrons.